The van der Waals surface area contributed by atoms with Crippen molar-refractivity contribution in [2.45, 2.75) is 476 Å². The number of hydrogen-bond acceptors (Lipinski definition) is 8. The van der Waals surface area contributed by atoms with Gasteiger partial charge in [0.05, 0.1) is 13.2 Å². The standard InChI is InChI=1S/C84H164NO8P/c1-3-5-7-9-11-13-15-17-19-21-23-25-27-29-31-33-35-37-39-40-41-42-43-45-47-49-51-53-55-57-59-61-63-65-67-69-71-73-75-77-84(87)93-82(81-92-94(88,89)91-79-78-85)80-90-83(86)76-74-72-70-68-66-64-62-60-58-56-54-52-50-48-46-44-38-36-34-32-30-28-26-24-22-20-18-16-14-12-10-8-6-4-2/h15,17,21,23,82H,3-14,16,18-20,22,24-81,85H2,1-2H3,(H,88,89)/b17-15-,23-21-. The van der Waals surface area contributed by atoms with Crippen LogP contribution in [0.2, 0.25) is 0 Å². The van der Waals surface area contributed by atoms with Crippen molar-refractivity contribution in [1.29, 1.82) is 0 Å². The molecule has 0 bridgehead atoms. The molecule has 558 valence electrons. The number of ether oxygens (including phenoxy) is 2. The number of esters is 2. The van der Waals surface area contributed by atoms with Gasteiger partial charge in [0, 0.05) is 19.4 Å². The number of rotatable bonds is 82. The lowest BCUT2D eigenvalue weighted by molar-refractivity contribution is -0.161. The molecule has 0 aliphatic heterocycles. The summed E-state index contributed by atoms with van der Waals surface area (Å²) in [5, 5.41) is 0. The van der Waals surface area contributed by atoms with E-state index in [1.54, 1.807) is 0 Å². The highest BCUT2D eigenvalue weighted by Crippen LogP contribution is 2.43. The normalized spacial score (nSPS) is 12.9. The van der Waals surface area contributed by atoms with Crippen LogP contribution in [0.4, 0.5) is 0 Å². The van der Waals surface area contributed by atoms with Crippen LogP contribution in [0.5, 0.6) is 0 Å². The molecule has 0 aromatic heterocycles. The SMILES string of the molecule is CCCCCCC/C=C\C/C=C\CCCCCCCCCCCCCCCCCCCCCCCCCCCCCC(=O)OC(COC(=O)CCCCCCCCCCCCCCCCCCCCCCCCCCCCCCCCCCCC)COP(=O)(O)OCCN. The highest BCUT2D eigenvalue weighted by molar-refractivity contribution is 7.47. The third-order valence-electron chi connectivity index (χ3n) is 19.6. The smallest absolute Gasteiger partial charge is 0.462 e. The Morgan fingerprint density at radius 1 is 0.319 bits per heavy atom. The molecular formula is C84H164NO8P. The van der Waals surface area contributed by atoms with Crippen molar-refractivity contribution in [3.05, 3.63) is 24.3 Å². The van der Waals surface area contributed by atoms with Crippen molar-refractivity contribution < 1.29 is 37.6 Å². The van der Waals surface area contributed by atoms with Crippen LogP contribution in [0, 0.1) is 0 Å². The van der Waals surface area contributed by atoms with E-state index in [4.69, 9.17) is 24.3 Å². The fourth-order valence-corrected chi connectivity index (χ4v) is 14.1. The Labute approximate surface area is 586 Å². The Morgan fingerprint density at radius 2 is 0.553 bits per heavy atom. The predicted molar refractivity (Wildman–Crippen MR) is 409 cm³/mol. The zero-order valence-electron chi connectivity index (χ0n) is 63.2. The molecule has 0 heterocycles. The number of unbranched alkanes of at least 4 members (excludes halogenated alkanes) is 65. The van der Waals surface area contributed by atoms with Gasteiger partial charge in [0.1, 0.15) is 6.61 Å². The minimum Gasteiger partial charge on any atom is -0.462 e. The minimum absolute atomic E-state index is 0.0578. The van der Waals surface area contributed by atoms with Crippen LogP contribution >= 0.6 is 7.82 Å². The zero-order valence-corrected chi connectivity index (χ0v) is 64.1. The largest absolute Gasteiger partial charge is 0.472 e. The van der Waals surface area contributed by atoms with E-state index in [9.17, 15) is 19.0 Å². The minimum atomic E-state index is -4.39. The van der Waals surface area contributed by atoms with Gasteiger partial charge in [-0.3, -0.25) is 18.6 Å². The second-order valence-corrected chi connectivity index (χ2v) is 30.5. The number of phosphoric ester groups is 1. The van der Waals surface area contributed by atoms with Crippen LogP contribution < -0.4 is 5.73 Å². The third kappa shape index (κ3) is 79.5. The molecule has 0 radical (unpaired) electrons. The van der Waals surface area contributed by atoms with Crippen molar-refractivity contribution in [2.75, 3.05) is 26.4 Å². The molecule has 94 heavy (non-hydrogen) atoms. The lowest BCUT2D eigenvalue weighted by Crippen LogP contribution is -2.29. The monoisotopic (exact) mass is 1350 g/mol. The maximum absolute atomic E-state index is 12.8. The average molecular weight is 1350 g/mol. The summed E-state index contributed by atoms with van der Waals surface area (Å²) in [6.07, 6.45) is 102. The van der Waals surface area contributed by atoms with Gasteiger partial charge in [-0.25, -0.2) is 4.57 Å². The van der Waals surface area contributed by atoms with Gasteiger partial charge >= 0.3 is 19.8 Å². The molecule has 9 nitrogen and oxygen atoms in total. The average Bonchev–Trinajstić information content (AvgIpc) is 2.74. The van der Waals surface area contributed by atoms with Crippen LogP contribution in [-0.4, -0.2) is 49.3 Å². The molecule has 0 amide bonds. The van der Waals surface area contributed by atoms with Gasteiger partial charge in [-0.05, 0) is 44.9 Å². The van der Waals surface area contributed by atoms with E-state index in [0.717, 1.165) is 38.5 Å². The quantitative estimate of drug-likeness (QED) is 0.0264. The Balaban J connectivity index is 3.71. The molecule has 0 saturated carbocycles. The molecular weight excluding hydrogens is 1180 g/mol. The second kappa shape index (κ2) is 80.5. The summed E-state index contributed by atoms with van der Waals surface area (Å²) < 4.78 is 33.3. The summed E-state index contributed by atoms with van der Waals surface area (Å²) in [6.45, 7) is 3.84. The summed E-state index contributed by atoms with van der Waals surface area (Å²) in [4.78, 5) is 35.5. The molecule has 0 aromatic carbocycles. The topological polar surface area (TPSA) is 134 Å². The number of carbonyl (C=O) groups excluding carboxylic acids is 2. The Kier molecular flexibility index (Phi) is 79.2. The van der Waals surface area contributed by atoms with E-state index in [2.05, 4.69) is 38.2 Å². The van der Waals surface area contributed by atoms with Crippen molar-refractivity contribution in [2.24, 2.45) is 5.73 Å². The van der Waals surface area contributed by atoms with E-state index >= 15 is 0 Å². The highest BCUT2D eigenvalue weighted by Gasteiger charge is 2.26. The summed E-state index contributed by atoms with van der Waals surface area (Å²) >= 11 is 0. The Morgan fingerprint density at radius 3 is 0.809 bits per heavy atom. The maximum Gasteiger partial charge on any atom is 0.472 e. The van der Waals surface area contributed by atoms with Gasteiger partial charge in [0.2, 0.25) is 0 Å². The fraction of sp³-hybridized carbons (Fsp3) is 0.929. The molecule has 0 aliphatic rings. The summed E-state index contributed by atoms with van der Waals surface area (Å²) in [7, 11) is -4.39. The molecule has 10 heteroatoms. The first kappa shape index (κ1) is 92.5. The van der Waals surface area contributed by atoms with Crippen molar-refractivity contribution >= 4 is 19.8 Å². The summed E-state index contributed by atoms with van der Waals surface area (Å²) in [5.41, 5.74) is 5.42. The van der Waals surface area contributed by atoms with Crippen LogP contribution in [0.15, 0.2) is 24.3 Å². The number of carbonyl (C=O) groups is 2. The van der Waals surface area contributed by atoms with Gasteiger partial charge in [0.15, 0.2) is 6.10 Å². The predicted octanol–water partition coefficient (Wildman–Crippen LogP) is 28.4. The lowest BCUT2D eigenvalue weighted by atomic mass is 10.0. The van der Waals surface area contributed by atoms with Crippen molar-refractivity contribution in [1.82, 2.24) is 0 Å². The van der Waals surface area contributed by atoms with E-state index in [1.807, 2.05) is 0 Å². The Bertz CT molecular complexity index is 1590. The number of nitrogens with two attached hydrogens (primary N) is 1. The zero-order chi connectivity index (χ0) is 67.9. The second-order valence-electron chi connectivity index (χ2n) is 29.1. The molecule has 0 saturated heterocycles. The van der Waals surface area contributed by atoms with Crippen LogP contribution in [0.25, 0.3) is 0 Å². The number of allylic oxidation sites excluding steroid dienone is 4. The number of phosphoric acid groups is 1. The fourth-order valence-electron chi connectivity index (χ4n) is 13.3. The molecule has 2 unspecified atom stereocenters. The van der Waals surface area contributed by atoms with E-state index in [-0.39, 0.29) is 38.6 Å². The molecule has 3 N–H and O–H groups in total. The summed E-state index contributed by atoms with van der Waals surface area (Å²) in [5.74, 6) is -0.796. The van der Waals surface area contributed by atoms with E-state index < -0.39 is 26.5 Å². The molecule has 0 fully saturated rings. The lowest BCUT2D eigenvalue weighted by Gasteiger charge is -2.19. The molecule has 0 rings (SSSR count). The third-order valence-corrected chi connectivity index (χ3v) is 20.6. The highest BCUT2D eigenvalue weighted by atomic mass is 31.2. The van der Waals surface area contributed by atoms with Crippen LogP contribution in [0.3, 0.4) is 0 Å². The first-order chi connectivity index (χ1) is 46.3. The first-order valence-corrected chi connectivity index (χ1v) is 43.8. The molecule has 0 aromatic rings. The maximum atomic E-state index is 12.8. The van der Waals surface area contributed by atoms with Gasteiger partial charge in [-0.2, -0.15) is 0 Å². The van der Waals surface area contributed by atoms with Crippen molar-refractivity contribution in [3.8, 4) is 0 Å². The van der Waals surface area contributed by atoms with Crippen LogP contribution in [0.1, 0.15) is 470 Å². The molecule has 0 aliphatic carbocycles. The van der Waals surface area contributed by atoms with Crippen LogP contribution in [-0.2, 0) is 32.7 Å². The van der Waals surface area contributed by atoms with E-state index in [1.165, 1.54) is 398 Å². The summed E-state index contributed by atoms with van der Waals surface area (Å²) in [6, 6.07) is 0. The van der Waals surface area contributed by atoms with Gasteiger partial charge in [0.25, 0.3) is 0 Å². The van der Waals surface area contributed by atoms with E-state index in [0.29, 0.717) is 6.42 Å². The number of hydrogen-bond donors (Lipinski definition) is 2. The van der Waals surface area contributed by atoms with Crippen molar-refractivity contribution in [3.63, 3.8) is 0 Å². The molecule has 0 spiro atoms. The van der Waals surface area contributed by atoms with Gasteiger partial charge < -0.3 is 20.1 Å². The first-order valence-electron chi connectivity index (χ1n) is 42.3. The van der Waals surface area contributed by atoms with Gasteiger partial charge in [-0.15, -0.1) is 0 Å². The van der Waals surface area contributed by atoms with Gasteiger partial charge in [-0.1, -0.05) is 436 Å². The molecule has 2 atom stereocenters. The Hall–Kier alpha value is -1.51.